The monoisotopic (exact) mass is 325 g/mol. The molecule has 0 bridgehead atoms. The van der Waals surface area contributed by atoms with Crippen molar-refractivity contribution >= 4 is 11.4 Å². The smallest absolute Gasteiger partial charge is 0.317 e. The Morgan fingerprint density at radius 1 is 1.17 bits per heavy atom. The van der Waals surface area contributed by atoms with E-state index in [-0.39, 0.29) is 17.1 Å². The van der Waals surface area contributed by atoms with Gasteiger partial charge in [-0.05, 0) is 6.07 Å². The number of benzene rings is 1. The summed E-state index contributed by atoms with van der Waals surface area (Å²) in [6.45, 7) is 5.01. The quantitative estimate of drug-likeness (QED) is 0.444. The maximum Gasteiger partial charge on any atom is 0.317 e. The van der Waals surface area contributed by atoms with Crippen molar-refractivity contribution in [3.63, 3.8) is 0 Å². The zero-order chi connectivity index (χ0) is 17.0. The van der Waals surface area contributed by atoms with Crippen LogP contribution < -0.4 is 4.74 Å². The van der Waals surface area contributed by atoms with E-state index in [0.29, 0.717) is 13.2 Å². The second-order valence-electron chi connectivity index (χ2n) is 6.24. The van der Waals surface area contributed by atoms with Crippen LogP contribution in [-0.2, 0) is 0 Å². The van der Waals surface area contributed by atoms with Gasteiger partial charge >= 0.3 is 5.69 Å². The van der Waals surface area contributed by atoms with Gasteiger partial charge in [0, 0.05) is 25.7 Å². The predicted molar refractivity (Wildman–Crippen MR) is 83.5 cm³/mol. The lowest BCUT2D eigenvalue weighted by Crippen LogP contribution is -2.55. The van der Waals surface area contributed by atoms with Crippen LogP contribution in [0.25, 0.3) is 0 Å². The molecule has 1 aliphatic heterocycles. The summed E-state index contributed by atoms with van der Waals surface area (Å²) in [6, 6.07) is 3.42. The van der Waals surface area contributed by atoms with E-state index in [2.05, 4.69) is 19.0 Å². The number of nitro groups is 2. The Bertz CT molecular complexity index is 595. The molecule has 0 atom stereocenters. The van der Waals surface area contributed by atoms with Crippen molar-refractivity contribution in [1.82, 2.24) is 4.90 Å². The van der Waals surface area contributed by atoms with Crippen LogP contribution in [0.1, 0.15) is 0 Å². The van der Waals surface area contributed by atoms with Crippen molar-refractivity contribution in [3.05, 3.63) is 38.4 Å². The third-order valence-electron chi connectivity index (χ3n) is 4.06. The van der Waals surface area contributed by atoms with Crippen LogP contribution in [0, 0.1) is 20.2 Å². The summed E-state index contributed by atoms with van der Waals surface area (Å²) in [4.78, 5) is 22.6. The van der Waals surface area contributed by atoms with E-state index in [4.69, 9.17) is 4.74 Å². The number of quaternary nitrogens is 1. The number of hydrogen-bond acceptors (Lipinski definition) is 6. The minimum absolute atomic E-state index is 0.0636. The predicted octanol–water partition coefficient (Wildman–Crippen LogP) is 1.27. The molecule has 1 saturated heterocycles. The highest BCUT2D eigenvalue weighted by Crippen LogP contribution is 2.30. The Balaban J connectivity index is 1.93. The van der Waals surface area contributed by atoms with Crippen molar-refractivity contribution in [2.24, 2.45) is 0 Å². The Morgan fingerprint density at radius 3 is 2.39 bits per heavy atom. The molecule has 0 aromatic heterocycles. The van der Waals surface area contributed by atoms with Crippen molar-refractivity contribution < 1.29 is 19.1 Å². The highest BCUT2D eigenvalue weighted by atomic mass is 16.6. The van der Waals surface area contributed by atoms with Gasteiger partial charge in [0.25, 0.3) is 5.69 Å². The maximum atomic E-state index is 11.0. The van der Waals surface area contributed by atoms with E-state index < -0.39 is 9.85 Å². The van der Waals surface area contributed by atoms with Crippen molar-refractivity contribution in [1.29, 1.82) is 0 Å². The molecule has 2 rings (SSSR count). The molecular weight excluding hydrogens is 304 g/mol. The normalized spacial score (nSPS) is 17.7. The molecule has 126 valence electrons. The number of non-ortho nitro benzene ring substituents is 1. The number of nitro benzene ring substituents is 2. The van der Waals surface area contributed by atoms with Gasteiger partial charge in [-0.1, -0.05) is 0 Å². The zero-order valence-electron chi connectivity index (χ0n) is 13.3. The van der Waals surface area contributed by atoms with Gasteiger partial charge in [0.15, 0.2) is 5.75 Å². The molecule has 0 spiro atoms. The molecule has 0 radical (unpaired) electrons. The average molecular weight is 325 g/mol. The van der Waals surface area contributed by atoms with Gasteiger partial charge in [-0.25, -0.2) is 0 Å². The molecule has 0 unspecified atom stereocenters. The van der Waals surface area contributed by atoms with Gasteiger partial charge < -0.3 is 9.22 Å². The topological polar surface area (TPSA) is 98.8 Å². The third kappa shape index (κ3) is 4.60. The van der Waals surface area contributed by atoms with Gasteiger partial charge in [-0.3, -0.25) is 25.1 Å². The van der Waals surface area contributed by atoms with Crippen molar-refractivity contribution in [2.45, 2.75) is 0 Å². The van der Waals surface area contributed by atoms with Crippen LogP contribution in [0.2, 0.25) is 0 Å². The van der Waals surface area contributed by atoms with Crippen LogP contribution in [0.5, 0.6) is 5.75 Å². The minimum Gasteiger partial charge on any atom is -0.485 e. The second-order valence-corrected chi connectivity index (χ2v) is 6.24. The summed E-state index contributed by atoms with van der Waals surface area (Å²) >= 11 is 0. The summed E-state index contributed by atoms with van der Waals surface area (Å²) < 4.78 is 6.47. The number of hydrogen-bond donors (Lipinski definition) is 0. The summed E-state index contributed by atoms with van der Waals surface area (Å²) in [7, 11) is 4.38. The fraction of sp³-hybridized carbons (Fsp3) is 0.571. The van der Waals surface area contributed by atoms with Crippen LogP contribution in [0.15, 0.2) is 18.2 Å². The number of rotatable bonds is 6. The fourth-order valence-corrected chi connectivity index (χ4v) is 2.44. The summed E-state index contributed by atoms with van der Waals surface area (Å²) in [5.41, 5.74) is -0.698. The van der Waals surface area contributed by atoms with Gasteiger partial charge in [0.1, 0.15) is 6.61 Å². The number of piperazine rings is 1. The molecule has 0 saturated carbocycles. The molecule has 23 heavy (non-hydrogen) atoms. The first-order chi connectivity index (χ1) is 10.8. The number of ether oxygens (including phenoxy) is 1. The lowest BCUT2D eigenvalue weighted by atomic mass is 10.2. The summed E-state index contributed by atoms with van der Waals surface area (Å²) in [5.74, 6) is 0.0636. The van der Waals surface area contributed by atoms with E-state index in [1.54, 1.807) is 0 Å². The van der Waals surface area contributed by atoms with E-state index >= 15 is 0 Å². The SMILES string of the molecule is C[N+]1(C)CCN(CCOc2ccc([N+](=O)[O-])cc2[N+](=O)[O-])CC1. The number of likely N-dealkylation sites (N-methyl/N-ethyl adjacent to an activating group) is 1. The molecule has 0 N–H and O–H groups in total. The highest BCUT2D eigenvalue weighted by molar-refractivity contribution is 5.53. The molecule has 1 aromatic rings. The molecule has 9 nitrogen and oxygen atoms in total. The lowest BCUT2D eigenvalue weighted by molar-refractivity contribution is -0.894. The first-order valence-electron chi connectivity index (χ1n) is 7.38. The maximum absolute atomic E-state index is 11.0. The Kier molecular flexibility index (Phi) is 5.12. The molecule has 0 amide bonds. The van der Waals surface area contributed by atoms with Gasteiger partial charge in [-0.15, -0.1) is 0 Å². The largest absolute Gasteiger partial charge is 0.485 e. The minimum atomic E-state index is -0.663. The molecule has 1 fully saturated rings. The van der Waals surface area contributed by atoms with E-state index in [9.17, 15) is 20.2 Å². The van der Waals surface area contributed by atoms with Crippen LogP contribution in [0.4, 0.5) is 11.4 Å². The molecule has 1 aliphatic rings. The summed E-state index contributed by atoms with van der Waals surface area (Å²) in [5, 5.41) is 21.7. The van der Waals surface area contributed by atoms with Gasteiger partial charge in [0.05, 0.1) is 43.1 Å². The standard InChI is InChI=1S/C14H21N4O5/c1-18(2)8-5-15(6-9-18)7-10-23-14-4-3-12(16(19)20)11-13(14)17(21)22/h3-4,11H,5-10H2,1-2H3/q+1. The molecule has 1 heterocycles. The fourth-order valence-electron chi connectivity index (χ4n) is 2.44. The van der Waals surface area contributed by atoms with E-state index in [1.807, 2.05) is 0 Å². The molecule has 0 aliphatic carbocycles. The first kappa shape index (κ1) is 17.1. The van der Waals surface area contributed by atoms with Gasteiger partial charge in [-0.2, -0.15) is 0 Å². The molecular formula is C14H21N4O5+. The van der Waals surface area contributed by atoms with Crippen LogP contribution in [-0.4, -0.2) is 72.7 Å². The number of nitrogens with zero attached hydrogens (tertiary/aromatic N) is 4. The Hall–Kier alpha value is -2.26. The van der Waals surface area contributed by atoms with Crippen LogP contribution >= 0.6 is 0 Å². The van der Waals surface area contributed by atoms with Crippen LogP contribution in [0.3, 0.4) is 0 Å². The lowest BCUT2D eigenvalue weighted by Gasteiger charge is -2.38. The van der Waals surface area contributed by atoms with E-state index in [0.717, 1.165) is 36.7 Å². The average Bonchev–Trinajstić information content (AvgIpc) is 2.48. The summed E-state index contributed by atoms with van der Waals surface area (Å²) in [6.07, 6.45) is 0. The third-order valence-corrected chi connectivity index (χ3v) is 4.06. The Morgan fingerprint density at radius 2 is 1.83 bits per heavy atom. The van der Waals surface area contributed by atoms with Gasteiger partial charge in [0.2, 0.25) is 0 Å². The second kappa shape index (κ2) is 6.88. The zero-order valence-corrected chi connectivity index (χ0v) is 13.3. The van der Waals surface area contributed by atoms with Crippen molar-refractivity contribution in [2.75, 3.05) is 53.4 Å². The molecule has 9 heteroatoms. The highest BCUT2D eigenvalue weighted by Gasteiger charge is 2.24. The molecule has 1 aromatic carbocycles. The first-order valence-corrected chi connectivity index (χ1v) is 7.38. The van der Waals surface area contributed by atoms with E-state index in [1.165, 1.54) is 12.1 Å². The Labute approximate surface area is 133 Å². The van der Waals surface area contributed by atoms with Crippen molar-refractivity contribution in [3.8, 4) is 5.75 Å².